The van der Waals surface area contributed by atoms with E-state index in [-0.39, 0.29) is 0 Å². The maximum atomic E-state index is 3.48. The highest BCUT2D eigenvalue weighted by atomic mass is 15.3. The second-order valence-corrected chi connectivity index (χ2v) is 5.49. The molecule has 2 rings (SSSR count). The maximum Gasteiger partial charge on any atom is 0.0318 e. The molecule has 82 valence electrons. The monoisotopic (exact) mass is 196 g/mol. The third kappa shape index (κ3) is 1.49. The zero-order valence-corrected chi connectivity index (χ0v) is 9.90. The van der Waals surface area contributed by atoms with Gasteiger partial charge in [0.05, 0.1) is 0 Å². The van der Waals surface area contributed by atoms with Crippen LogP contribution in [0, 0.1) is 5.41 Å². The van der Waals surface area contributed by atoms with E-state index >= 15 is 0 Å². The molecule has 0 aliphatic carbocycles. The maximum absolute atomic E-state index is 3.48. The van der Waals surface area contributed by atoms with E-state index < -0.39 is 0 Å². The van der Waals surface area contributed by atoms with Crippen LogP contribution >= 0.6 is 0 Å². The molecule has 2 nitrogen and oxygen atoms in total. The smallest absolute Gasteiger partial charge is 0.0318 e. The van der Waals surface area contributed by atoms with Crippen LogP contribution < -0.4 is 5.32 Å². The molecule has 1 atom stereocenters. The van der Waals surface area contributed by atoms with Crippen molar-refractivity contribution in [2.24, 2.45) is 5.41 Å². The van der Waals surface area contributed by atoms with Gasteiger partial charge >= 0.3 is 0 Å². The first kappa shape index (κ1) is 10.4. The second kappa shape index (κ2) is 3.49. The van der Waals surface area contributed by atoms with E-state index in [4.69, 9.17) is 0 Å². The predicted molar refractivity (Wildman–Crippen MR) is 60.5 cm³/mol. The molecule has 2 aliphatic heterocycles. The van der Waals surface area contributed by atoms with E-state index in [1.165, 1.54) is 45.4 Å². The Kier molecular flexibility index (Phi) is 2.61. The van der Waals surface area contributed by atoms with Gasteiger partial charge in [-0.25, -0.2) is 0 Å². The number of nitrogens with one attached hydrogen (secondary N) is 1. The highest BCUT2D eigenvalue weighted by Gasteiger charge is 2.48. The lowest BCUT2D eigenvalue weighted by Gasteiger charge is -2.56. The van der Waals surface area contributed by atoms with E-state index in [0.717, 1.165) is 0 Å². The molecule has 0 aromatic heterocycles. The standard InChI is InChI=1S/C12H24N2/c1-4-12(5-2)9-14(10-12)11(3)6-7-13-8-11/h13H,4-10H2,1-3H3. The quantitative estimate of drug-likeness (QED) is 0.741. The van der Waals surface area contributed by atoms with E-state index in [0.29, 0.717) is 11.0 Å². The molecule has 0 aromatic carbocycles. The lowest BCUT2D eigenvalue weighted by molar-refractivity contribution is -0.0693. The molecule has 2 fully saturated rings. The van der Waals surface area contributed by atoms with Crippen molar-refractivity contribution in [3.8, 4) is 0 Å². The van der Waals surface area contributed by atoms with Gasteiger partial charge < -0.3 is 5.32 Å². The molecule has 0 radical (unpaired) electrons. The lowest BCUT2D eigenvalue weighted by Crippen LogP contribution is -2.64. The summed E-state index contributed by atoms with van der Waals surface area (Å²) in [7, 11) is 0. The van der Waals surface area contributed by atoms with Crippen LogP contribution in [0.3, 0.4) is 0 Å². The Labute approximate surface area is 88.1 Å². The third-order valence-corrected chi connectivity index (χ3v) is 4.66. The van der Waals surface area contributed by atoms with Gasteiger partial charge in [-0.1, -0.05) is 13.8 Å². The van der Waals surface area contributed by atoms with Gasteiger partial charge in [-0.3, -0.25) is 4.90 Å². The molecule has 0 bridgehead atoms. The van der Waals surface area contributed by atoms with Crippen molar-refractivity contribution in [2.45, 2.75) is 45.6 Å². The van der Waals surface area contributed by atoms with E-state index in [1.54, 1.807) is 0 Å². The second-order valence-electron chi connectivity index (χ2n) is 5.49. The Morgan fingerprint density at radius 1 is 1.21 bits per heavy atom. The van der Waals surface area contributed by atoms with Crippen molar-refractivity contribution < 1.29 is 0 Å². The molecular formula is C12H24N2. The molecule has 0 amide bonds. The minimum atomic E-state index is 0.466. The Morgan fingerprint density at radius 2 is 1.86 bits per heavy atom. The summed E-state index contributed by atoms with van der Waals surface area (Å²) in [6, 6.07) is 0. The van der Waals surface area contributed by atoms with Crippen molar-refractivity contribution in [1.29, 1.82) is 0 Å². The predicted octanol–water partition coefficient (Wildman–Crippen LogP) is 1.86. The zero-order chi connectivity index (χ0) is 10.2. The summed E-state index contributed by atoms with van der Waals surface area (Å²) in [5, 5.41) is 3.48. The van der Waals surface area contributed by atoms with Crippen LogP contribution in [0.4, 0.5) is 0 Å². The summed E-state index contributed by atoms with van der Waals surface area (Å²) in [4.78, 5) is 2.69. The Balaban J connectivity index is 1.93. The average molecular weight is 196 g/mol. The Morgan fingerprint density at radius 3 is 2.29 bits per heavy atom. The van der Waals surface area contributed by atoms with Gasteiger partial charge in [-0.15, -0.1) is 0 Å². The van der Waals surface area contributed by atoms with Gasteiger partial charge in [-0.05, 0) is 38.1 Å². The normalized spacial score (nSPS) is 37.1. The van der Waals surface area contributed by atoms with Crippen molar-refractivity contribution in [3.63, 3.8) is 0 Å². The molecular weight excluding hydrogens is 172 g/mol. The van der Waals surface area contributed by atoms with Gasteiger partial charge in [0.1, 0.15) is 0 Å². The highest BCUT2D eigenvalue weighted by molar-refractivity contribution is 5.04. The molecule has 0 aromatic rings. The van der Waals surface area contributed by atoms with Crippen LogP contribution in [0.1, 0.15) is 40.0 Å². The van der Waals surface area contributed by atoms with Crippen LogP contribution in [-0.4, -0.2) is 36.6 Å². The first-order chi connectivity index (χ1) is 6.64. The van der Waals surface area contributed by atoms with E-state index in [1.807, 2.05) is 0 Å². The van der Waals surface area contributed by atoms with Gasteiger partial charge in [0.2, 0.25) is 0 Å². The van der Waals surface area contributed by atoms with Crippen molar-refractivity contribution in [3.05, 3.63) is 0 Å². The number of rotatable bonds is 3. The van der Waals surface area contributed by atoms with Crippen LogP contribution in [0.15, 0.2) is 0 Å². The fourth-order valence-corrected chi connectivity index (χ4v) is 2.92. The summed E-state index contributed by atoms with van der Waals surface area (Å²) in [6.07, 6.45) is 4.03. The van der Waals surface area contributed by atoms with Gasteiger partial charge in [0, 0.05) is 25.2 Å². The number of hydrogen-bond acceptors (Lipinski definition) is 2. The first-order valence-corrected chi connectivity index (χ1v) is 6.10. The lowest BCUT2D eigenvalue weighted by atomic mass is 9.72. The number of nitrogens with zero attached hydrogens (tertiary/aromatic N) is 1. The van der Waals surface area contributed by atoms with Crippen molar-refractivity contribution in [2.75, 3.05) is 26.2 Å². The number of likely N-dealkylation sites (tertiary alicyclic amines) is 1. The molecule has 2 heterocycles. The molecule has 2 heteroatoms. The van der Waals surface area contributed by atoms with Gasteiger partial charge in [0.15, 0.2) is 0 Å². The third-order valence-electron chi connectivity index (χ3n) is 4.66. The van der Waals surface area contributed by atoms with Crippen molar-refractivity contribution in [1.82, 2.24) is 10.2 Å². The largest absolute Gasteiger partial charge is 0.315 e. The Bertz CT molecular complexity index is 194. The fraction of sp³-hybridized carbons (Fsp3) is 1.00. The number of hydrogen-bond donors (Lipinski definition) is 1. The van der Waals surface area contributed by atoms with Crippen LogP contribution in [0.5, 0.6) is 0 Å². The SMILES string of the molecule is CCC1(CC)CN(C2(C)CCNC2)C1. The molecule has 14 heavy (non-hydrogen) atoms. The summed E-state index contributed by atoms with van der Waals surface area (Å²) in [5.41, 5.74) is 1.12. The van der Waals surface area contributed by atoms with Crippen LogP contribution in [0.25, 0.3) is 0 Å². The minimum Gasteiger partial charge on any atom is -0.315 e. The molecule has 0 saturated carbocycles. The molecule has 1 unspecified atom stereocenters. The summed E-state index contributed by atoms with van der Waals surface area (Å²) >= 11 is 0. The van der Waals surface area contributed by atoms with Gasteiger partial charge in [0.25, 0.3) is 0 Å². The van der Waals surface area contributed by atoms with Crippen LogP contribution in [0.2, 0.25) is 0 Å². The summed E-state index contributed by atoms with van der Waals surface area (Å²) in [6.45, 7) is 12.2. The van der Waals surface area contributed by atoms with E-state index in [9.17, 15) is 0 Å². The summed E-state index contributed by atoms with van der Waals surface area (Å²) in [5.74, 6) is 0. The zero-order valence-electron chi connectivity index (χ0n) is 9.90. The topological polar surface area (TPSA) is 15.3 Å². The first-order valence-electron chi connectivity index (χ1n) is 6.10. The van der Waals surface area contributed by atoms with Crippen molar-refractivity contribution >= 4 is 0 Å². The highest BCUT2D eigenvalue weighted by Crippen LogP contribution is 2.42. The molecule has 1 N–H and O–H groups in total. The van der Waals surface area contributed by atoms with E-state index in [2.05, 4.69) is 31.0 Å². The molecule has 2 saturated heterocycles. The Hall–Kier alpha value is -0.0800. The molecule has 2 aliphatic rings. The fourth-order valence-electron chi connectivity index (χ4n) is 2.92. The average Bonchev–Trinajstić information content (AvgIpc) is 2.53. The van der Waals surface area contributed by atoms with Crippen LogP contribution in [-0.2, 0) is 0 Å². The van der Waals surface area contributed by atoms with Gasteiger partial charge in [-0.2, -0.15) is 0 Å². The minimum absolute atomic E-state index is 0.466. The summed E-state index contributed by atoms with van der Waals surface area (Å²) < 4.78 is 0. The molecule has 0 spiro atoms.